The van der Waals surface area contributed by atoms with Crippen molar-refractivity contribution >= 4 is 46.0 Å². The van der Waals surface area contributed by atoms with E-state index in [0.717, 1.165) is 45.1 Å². The number of thioether (sulfide) groups is 2. The quantitative estimate of drug-likeness (QED) is 0.536. The minimum atomic E-state index is 0.0892. The summed E-state index contributed by atoms with van der Waals surface area (Å²) in [5.41, 5.74) is 1.98. The highest BCUT2D eigenvalue weighted by atomic mass is 32.2. The first kappa shape index (κ1) is 20.5. The molecular formula is C24H25N3O2S2. The summed E-state index contributed by atoms with van der Waals surface area (Å²) in [6.45, 7) is 0. The number of ether oxygens (including phenoxy) is 1. The number of para-hydroxylation sites is 1. The number of methoxy groups -OCH3 is 1. The van der Waals surface area contributed by atoms with Gasteiger partial charge in [-0.25, -0.2) is 4.99 Å². The first-order valence-electron chi connectivity index (χ1n) is 10.6. The van der Waals surface area contributed by atoms with Crippen LogP contribution in [0.4, 0.5) is 11.4 Å². The minimum Gasteiger partial charge on any atom is -0.497 e. The third kappa shape index (κ3) is 3.85. The summed E-state index contributed by atoms with van der Waals surface area (Å²) >= 11 is 3.18. The summed E-state index contributed by atoms with van der Waals surface area (Å²) in [5.74, 6) is 0.888. The highest BCUT2D eigenvalue weighted by molar-refractivity contribution is 8.19. The van der Waals surface area contributed by atoms with Crippen LogP contribution in [0.3, 0.4) is 0 Å². The molecule has 0 spiro atoms. The van der Waals surface area contributed by atoms with Crippen LogP contribution < -0.4 is 9.64 Å². The summed E-state index contributed by atoms with van der Waals surface area (Å²) in [6, 6.07) is 16.2. The minimum absolute atomic E-state index is 0.0892. The Balaban J connectivity index is 1.53. The Morgan fingerprint density at radius 1 is 1.00 bits per heavy atom. The van der Waals surface area contributed by atoms with Crippen molar-refractivity contribution in [2.75, 3.05) is 19.1 Å². The van der Waals surface area contributed by atoms with Crippen molar-refractivity contribution in [1.82, 2.24) is 4.90 Å². The SMILES string of the molecule is COc1ccc(N=C2SC(=C3Sc4ccccc4N3C)C(=O)N2C2CCCCC2)cc1. The molecule has 2 heterocycles. The number of aliphatic imine (C=N–C) groups is 1. The monoisotopic (exact) mass is 451 g/mol. The van der Waals surface area contributed by atoms with Gasteiger partial charge in [0.15, 0.2) is 5.17 Å². The molecule has 31 heavy (non-hydrogen) atoms. The molecule has 0 N–H and O–H groups in total. The summed E-state index contributed by atoms with van der Waals surface area (Å²) < 4.78 is 5.27. The molecule has 0 radical (unpaired) electrons. The first-order valence-corrected chi connectivity index (χ1v) is 12.3. The maximum absolute atomic E-state index is 13.7. The molecule has 2 fully saturated rings. The molecule has 1 saturated heterocycles. The Morgan fingerprint density at radius 3 is 2.45 bits per heavy atom. The number of hydrogen-bond acceptors (Lipinski definition) is 6. The van der Waals surface area contributed by atoms with Gasteiger partial charge in [0.05, 0.1) is 23.5 Å². The molecular weight excluding hydrogens is 426 g/mol. The van der Waals surface area contributed by atoms with E-state index in [-0.39, 0.29) is 11.9 Å². The van der Waals surface area contributed by atoms with Crippen LogP contribution in [0.5, 0.6) is 5.75 Å². The topological polar surface area (TPSA) is 45.1 Å². The average Bonchev–Trinajstić information content (AvgIpc) is 3.31. The molecule has 2 aliphatic heterocycles. The second kappa shape index (κ2) is 8.63. The lowest BCUT2D eigenvalue weighted by molar-refractivity contribution is -0.124. The van der Waals surface area contributed by atoms with Gasteiger partial charge in [0, 0.05) is 18.0 Å². The number of nitrogens with zero attached hydrogens (tertiary/aromatic N) is 3. The highest BCUT2D eigenvalue weighted by Crippen LogP contribution is 2.50. The molecule has 7 heteroatoms. The van der Waals surface area contributed by atoms with Crippen LogP contribution in [-0.4, -0.2) is 36.2 Å². The van der Waals surface area contributed by atoms with Gasteiger partial charge in [0.1, 0.15) is 10.7 Å². The van der Waals surface area contributed by atoms with Crippen LogP contribution in [0.25, 0.3) is 0 Å². The zero-order chi connectivity index (χ0) is 21.4. The van der Waals surface area contributed by atoms with E-state index in [0.29, 0.717) is 0 Å². The molecule has 5 rings (SSSR count). The van der Waals surface area contributed by atoms with Crippen LogP contribution >= 0.6 is 23.5 Å². The molecule has 1 amide bonds. The van der Waals surface area contributed by atoms with E-state index in [1.165, 1.54) is 35.9 Å². The normalized spacial score (nSPS) is 23.0. The highest BCUT2D eigenvalue weighted by Gasteiger charge is 2.42. The zero-order valence-electron chi connectivity index (χ0n) is 17.7. The number of fused-ring (bicyclic) bond motifs is 1. The van der Waals surface area contributed by atoms with E-state index in [2.05, 4.69) is 17.0 Å². The fourth-order valence-electron chi connectivity index (χ4n) is 4.32. The lowest BCUT2D eigenvalue weighted by atomic mass is 9.94. The maximum Gasteiger partial charge on any atom is 0.269 e. The second-order valence-corrected chi connectivity index (χ2v) is 9.93. The lowest BCUT2D eigenvalue weighted by Crippen LogP contribution is -2.40. The van der Waals surface area contributed by atoms with E-state index < -0.39 is 0 Å². The Kier molecular flexibility index (Phi) is 5.71. The molecule has 160 valence electrons. The first-order chi connectivity index (χ1) is 15.2. The average molecular weight is 452 g/mol. The van der Waals surface area contributed by atoms with Crippen molar-refractivity contribution in [2.45, 2.75) is 43.0 Å². The van der Waals surface area contributed by atoms with Crippen LogP contribution in [0.1, 0.15) is 32.1 Å². The molecule has 0 bridgehead atoms. The Bertz CT molecular complexity index is 1060. The van der Waals surface area contributed by atoms with E-state index in [1.807, 2.05) is 48.3 Å². The van der Waals surface area contributed by atoms with Gasteiger partial charge >= 0.3 is 0 Å². The van der Waals surface area contributed by atoms with Crippen LogP contribution in [0, 0.1) is 0 Å². The predicted molar refractivity (Wildman–Crippen MR) is 129 cm³/mol. The smallest absolute Gasteiger partial charge is 0.269 e. The van der Waals surface area contributed by atoms with Gasteiger partial charge in [-0.1, -0.05) is 43.2 Å². The van der Waals surface area contributed by atoms with Crippen LogP contribution in [0.15, 0.2) is 68.4 Å². The van der Waals surface area contributed by atoms with Gasteiger partial charge in [-0.05, 0) is 61.0 Å². The van der Waals surface area contributed by atoms with Crippen LogP contribution in [-0.2, 0) is 4.79 Å². The molecule has 2 aromatic carbocycles. The van der Waals surface area contributed by atoms with Gasteiger partial charge < -0.3 is 9.64 Å². The number of anilines is 1. The van der Waals surface area contributed by atoms with Crippen molar-refractivity contribution in [3.8, 4) is 5.75 Å². The molecule has 0 unspecified atom stereocenters. The summed E-state index contributed by atoms with van der Waals surface area (Å²) in [6.07, 6.45) is 5.67. The number of amides is 1. The van der Waals surface area contributed by atoms with E-state index in [1.54, 1.807) is 18.9 Å². The third-order valence-electron chi connectivity index (χ3n) is 5.98. The van der Waals surface area contributed by atoms with Crippen molar-refractivity contribution in [3.05, 3.63) is 58.5 Å². The Hall–Kier alpha value is -2.38. The number of rotatable bonds is 3. The molecule has 2 aromatic rings. The van der Waals surface area contributed by atoms with Gasteiger partial charge in [-0.2, -0.15) is 0 Å². The number of benzene rings is 2. The number of carbonyl (C=O) groups is 1. The molecule has 3 aliphatic rings. The van der Waals surface area contributed by atoms with E-state index in [9.17, 15) is 4.79 Å². The second-order valence-electron chi connectivity index (χ2n) is 7.92. The number of carbonyl (C=O) groups excluding carboxylic acids is 1. The van der Waals surface area contributed by atoms with Crippen molar-refractivity contribution < 1.29 is 9.53 Å². The molecule has 1 saturated carbocycles. The van der Waals surface area contributed by atoms with Gasteiger partial charge in [0.25, 0.3) is 5.91 Å². The number of amidine groups is 1. The fraction of sp³-hybridized carbons (Fsp3) is 0.333. The summed E-state index contributed by atoms with van der Waals surface area (Å²) in [7, 11) is 3.70. The van der Waals surface area contributed by atoms with E-state index in [4.69, 9.17) is 9.73 Å². The van der Waals surface area contributed by atoms with Crippen molar-refractivity contribution in [1.29, 1.82) is 0 Å². The third-order valence-corrected chi connectivity index (χ3v) is 8.39. The summed E-state index contributed by atoms with van der Waals surface area (Å²) in [4.78, 5) is 24.7. The van der Waals surface area contributed by atoms with Gasteiger partial charge in [-0.15, -0.1) is 0 Å². The zero-order valence-corrected chi connectivity index (χ0v) is 19.3. The molecule has 0 atom stereocenters. The molecule has 1 aliphatic carbocycles. The van der Waals surface area contributed by atoms with Crippen molar-refractivity contribution in [2.24, 2.45) is 4.99 Å². The largest absolute Gasteiger partial charge is 0.497 e. The summed E-state index contributed by atoms with van der Waals surface area (Å²) in [5, 5.41) is 1.78. The lowest BCUT2D eigenvalue weighted by Gasteiger charge is -2.30. The molecule has 5 nitrogen and oxygen atoms in total. The fourth-order valence-corrected chi connectivity index (χ4v) is 6.73. The number of hydrogen-bond donors (Lipinski definition) is 0. The van der Waals surface area contributed by atoms with Crippen molar-refractivity contribution in [3.63, 3.8) is 0 Å². The Morgan fingerprint density at radius 2 is 1.74 bits per heavy atom. The Labute approximate surface area is 191 Å². The standard InChI is InChI=1S/C24H25N3O2S2/c1-26-19-10-6-7-11-20(19)30-23(26)21-22(28)27(17-8-4-3-5-9-17)24(31-21)25-16-12-14-18(29-2)15-13-16/h6-7,10-15,17H,3-5,8-9H2,1-2H3. The predicted octanol–water partition coefficient (Wildman–Crippen LogP) is 6.00. The van der Waals surface area contributed by atoms with Gasteiger partial charge in [-0.3, -0.25) is 9.69 Å². The van der Waals surface area contributed by atoms with Crippen LogP contribution in [0.2, 0.25) is 0 Å². The maximum atomic E-state index is 13.7. The van der Waals surface area contributed by atoms with Gasteiger partial charge in [0.2, 0.25) is 0 Å². The molecule has 0 aromatic heterocycles. The van der Waals surface area contributed by atoms with E-state index >= 15 is 0 Å².